The first kappa shape index (κ1) is 41.1. The van der Waals surface area contributed by atoms with E-state index in [1.54, 1.807) is 0 Å². The Morgan fingerprint density at radius 3 is 1.11 bits per heavy atom. The fraction of sp³-hybridized carbons (Fsp3) is 0.125. The van der Waals surface area contributed by atoms with Gasteiger partial charge < -0.3 is 9.13 Å². The molecule has 0 radical (unpaired) electrons. The lowest BCUT2D eigenvalue weighted by atomic mass is 9.83. The second-order valence-corrected chi connectivity index (χ2v) is 18.3. The van der Waals surface area contributed by atoms with E-state index in [9.17, 15) is 0 Å². The van der Waals surface area contributed by atoms with Gasteiger partial charge in [0.1, 0.15) is 0 Å². The highest BCUT2D eigenvalue weighted by molar-refractivity contribution is 6.22. The Hall–Kier alpha value is -7.68. The van der Waals surface area contributed by atoms with Gasteiger partial charge in [-0.05, 0) is 202 Å². The van der Waals surface area contributed by atoms with E-state index in [4.69, 9.17) is 0 Å². The van der Waals surface area contributed by atoms with E-state index in [0.29, 0.717) is 0 Å². The Balaban J connectivity index is 1.28. The number of benzene rings is 8. The zero-order valence-corrected chi connectivity index (χ0v) is 38.8. The largest absolute Gasteiger partial charge is 0.310 e. The van der Waals surface area contributed by atoms with E-state index in [0.717, 1.165) is 35.6 Å². The molecular formula is C64H54N2. The second kappa shape index (κ2) is 16.7. The van der Waals surface area contributed by atoms with Crippen LogP contribution in [0, 0.1) is 41.5 Å². The molecule has 2 aromatic heterocycles. The van der Waals surface area contributed by atoms with Gasteiger partial charge in [0.15, 0.2) is 0 Å². The summed E-state index contributed by atoms with van der Waals surface area (Å²) in [4.78, 5) is 0. The lowest BCUT2D eigenvalue weighted by molar-refractivity contribution is 0.998. The van der Waals surface area contributed by atoms with Crippen LogP contribution in [-0.4, -0.2) is 9.13 Å². The highest BCUT2D eigenvalue weighted by atomic mass is 15.0. The summed E-state index contributed by atoms with van der Waals surface area (Å²) in [5.74, 6) is 0. The van der Waals surface area contributed by atoms with Crippen molar-refractivity contribution in [2.24, 2.45) is 0 Å². The van der Waals surface area contributed by atoms with Crippen LogP contribution in [0.25, 0.3) is 94.5 Å². The quantitative estimate of drug-likeness (QED) is 0.135. The molecule has 0 aliphatic heterocycles. The average Bonchev–Trinajstić information content (AvgIpc) is 4.01. The van der Waals surface area contributed by atoms with Crippen molar-refractivity contribution >= 4 is 27.1 Å². The molecule has 0 saturated carbocycles. The topological polar surface area (TPSA) is 9.86 Å². The van der Waals surface area contributed by atoms with Crippen molar-refractivity contribution in [3.63, 3.8) is 0 Å². The monoisotopic (exact) mass is 850 g/mol. The summed E-state index contributed by atoms with van der Waals surface area (Å²) in [6, 6.07) is 65.8. The zero-order chi connectivity index (χ0) is 45.1. The van der Waals surface area contributed by atoms with E-state index in [1.807, 2.05) is 0 Å². The van der Waals surface area contributed by atoms with Crippen molar-refractivity contribution in [1.82, 2.24) is 9.13 Å². The summed E-state index contributed by atoms with van der Waals surface area (Å²) in [5, 5.41) is 4.96. The minimum absolute atomic E-state index is 1.01. The maximum atomic E-state index is 2.50. The van der Waals surface area contributed by atoms with Gasteiger partial charge in [0.2, 0.25) is 0 Å². The third-order valence-corrected chi connectivity index (χ3v) is 14.3. The Morgan fingerprint density at radius 2 is 0.727 bits per heavy atom. The van der Waals surface area contributed by atoms with Crippen molar-refractivity contribution in [3.8, 4) is 67.4 Å². The first-order valence-electron chi connectivity index (χ1n) is 23.4. The van der Waals surface area contributed by atoms with E-state index >= 15 is 0 Å². The van der Waals surface area contributed by atoms with Crippen molar-refractivity contribution in [2.45, 2.75) is 54.4 Å². The maximum Gasteiger partial charge on any atom is 0.0535 e. The van der Waals surface area contributed by atoms with Gasteiger partial charge in [0.05, 0.1) is 17.1 Å². The molecule has 8 aromatic carbocycles. The lowest BCUT2D eigenvalue weighted by Crippen LogP contribution is -2.04. The van der Waals surface area contributed by atoms with Crippen LogP contribution in [0.3, 0.4) is 0 Å². The van der Waals surface area contributed by atoms with Crippen molar-refractivity contribution in [2.75, 3.05) is 0 Å². The molecule has 11 rings (SSSR count). The smallest absolute Gasteiger partial charge is 0.0535 e. The molecule has 0 atom stereocenters. The Bertz CT molecular complexity index is 3450. The molecule has 0 bridgehead atoms. The Labute approximate surface area is 389 Å². The van der Waals surface area contributed by atoms with Gasteiger partial charge in [0.25, 0.3) is 0 Å². The molecule has 0 N–H and O–H groups in total. The number of aryl methyl sites for hydroxylation is 4. The van der Waals surface area contributed by atoms with Gasteiger partial charge in [-0.3, -0.25) is 0 Å². The molecular weight excluding hydrogens is 797 g/mol. The third kappa shape index (κ3) is 7.05. The number of rotatable bonds is 8. The Kier molecular flexibility index (Phi) is 10.4. The lowest BCUT2D eigenvalue weighted by Gasteiger charge is -2.23. The van der Waals surface area contributed by atoms with E-state index in [-0.39, 0.29) is 0 Å². The van der Waals surface area contributed by atoms with Gasteiger partial charge >= 0.3 is 0 Å². The standard InChI is InChI=1S/C64H54N2/c1-41-35-51(36-42(2)45(41)5)63-55-29-27-54(66-61(49-23-15-9-16-24-49)33-34-62(66)50-25-17-10-18-26-50)40-58(55)64(52-37-43(3)46(6)44(4)38-52)56-30-28-53(39-57(56)63)65-59(47-19-11-7-12-20-47)31-32-60(65)48-21-13-8-14-22-48/h7-17,19-25,27-40H,18,26H2,1-6H3. The minimum Gasteiger partial charge on any atom is -0.310 e. The molecule has 2 heterocycles. The maximum absolute atomic E-state index is 2.50. The summed E-state index contributed by atoms with van der Waals surface area (Å²) in [6.07, 6.45) is 8.85. The minimum atomic E-state index is 1.01. The molecule has 0 fully saturated rings. The normalized spacial score (nSPS) is 12.6. The van der Waals surface area contributed by atoms with Crippen LogP contribution in [0.2, 0.25) is 0 Å². The summed E-state index contributed by atoms with van der Waals surface area (Å²) in [7, 11) is 0. The molecule has 0 unspecified atom stereocenters. The number of fused-ring (bicyclic) bond motifs is 2. The van der Waals surface area contributed by atoms with Crippen molar-refractivity contribution in [1.29, 1.82) is 0 Å². The van der Waals surface area contributed by atoms with E-state index in [1.165, 1.54) is 111 Å². The predicted octanol–water partition coefficient (Wildman–Crippen LogP) is 17.5. The summed E-state index contributed by atoms with van der Waals surface area (Å²) < 4.78 is 4.96. The molecule has 320 valence electrons. The van der Waals surface area contributed by atoms with Crippen LogP contribution in [0.1, 0.15) is 51.9 Å². The molecule has 0 spiro atoms. The Morgan fingerprint density at radius 1 is 0.348 bits per heavy atom. The summed E-state index contributed by atoms with van der Waals surface area (Å²) in [6.45, 7) is 13.5. The van der Waals surface area contributed by atoms with Crippen LogP contribution in [0.5, 0.6) is 0 Å². The van der Waals surface area contributed by atoms with E-state index < -0.39 is 0 Å². The highest BCUT2D eigenvalue weighted by Crippen LogP contribution is 2.47. The van der Waals surface area contributed by atoms with Gasteiger partial charge in [-0.25, -0.2) is 0 Å². The number of aromatic nitrogens is 2. The van der Waals surface area contributed by atoms with Crippen LogP contribution < -0.4 is 0 Å². The van der Waals surface area contributed by atoms with Crippen LogP contribution in [0.15, 0.2) is 194 Å². The molecule has 0 amide bonds. The van der Waals surface area contributed by atoms with Crippen LogP contribution in [-0.2, 0) is 0 Å². The number of nitrogens with zero attached hydrogens (tertiary/aromatic N) is 2. The molecule has 1 aliphatic rings. The first-order valence-corrected chi connectivity index (χ1v) is 23.4. The average molecular weight is 851 g/mol. The first-order chi connectivity index (χ1) is 32.2. The SMILES string of the molecule is Cc1cc(-c2c3ccc(-n4c(-c5ccccc5)ccc4-c4ccccc4)cc3c(-c3cc(C)c(C)c(C)c3)c3ccc(-n4c(C5=CC=CCC5)ccc4-c4ccccc4)cc23)cc(C)c1C. The van der Waals surface area contributed by atoms with Gasteiger partial charge in [0, 0.05) is 17.1 Å². The number of allylic oxidation sites excluding steroid dienone is 4. The third-order valence-electron chi connectivity index (χ3n) is 14.3. The zero-order valence-electron chi connectivity index (χ0n) is 38.8. The predicted molar refractivity (Wildman–Crippen MR) is 282 cm³/mol. The fourth-order valence-corrected chi connectivity index (χ4v) is 10.5. The van der Waals surface area contributed by atoms with Gasteiger partial charge in [-0.2, -0.15) is 0 Å². The second-order valence-electron chi connectivity index (χ2n) is 18.3. The van der Waals surface area contributed by atoms with Crippen LogP contribution >= 0.6 is 0 Å². The molecule has 0 saturated heterocycles. The molecule has 1 aliphatic carbocycles. The molecule has 66 heavy (non-hydrogen) atoms. The van der Waals surface area contributed by atoms with Crippen LogP contribution in [0.4, 0.5) is 0 Å². The van der Waals surface area contributed by atoms with Gasteiger partial charge in [-0.15, -0.1) is 0 Å². The fourth-order valence-electron chi connectivity index (χ4n) is 10.5. The highest BCUT2D eigenvalue weighted by Gasteiger charge is 2.23. The molecule has 2 nitrogen and oxygen atoms in total. The summed E-state index contributed by atoms with van der Waals surface area (Å²) >= 11 is 0. The summed E-state index contributed by atoms with van der Waals surface area (Å²) in [5.41, 5.74) is 24.8. The number of hydrogen-bond donors (Lipinski definition) is 0. The van der Waals surface area contributed by atoms with Crippen molar-refractivity contribution < 1.29 is 0 Å². The molecule has 10 aromatic rings. The van der Waals surface area contributed by atoms with E-state index in [2.05, 4.69) is 245 Å². The number of hydrogen-bond acceptors (Lipinski definition) is 0. The van der Waals surface area contributed by atoms with Gasteiger partial charge in [-0.1, -0.05) is 146 Å². The van der Waals surface area contributed by atoms with Crippen molar-refractivity contribution in [3.05, 3.63) is 233 Å². The molecule has 2 heteroatoms.